The van der Waals surface area contributed by atoms with Gasteiger partial charge in [-0.15, -0.1) is 0 Å². The summed E-state index contributed by atoms with van der Waals surface area (Å²) in [5.74, 6) is 4.08. The fraction of sp³-hybridized carbons (Fsp3) is 0.750. The summed E-state index contributed by atoms with van der Waals surface area (Å²) in [7, 11) is 1.70. The SMILES string of the molecule is COC[C@@]1(O)CC[C@H]2[C@H](CC[C@@H]3[C@@H]2CC[C@]2(C)[C@@H](C(=O)Cn4ncc5ccncc54)CC[C@@H]32)C1. The topological polar surface area (TPSA) is 77.2 Å². The van der Waals surface area contributed by atoms with Crippen LogP contribution in [0.15, 0.2) is 24.7 Å². The molecule has 0 saturated heterocycles. The van der Waals surface area contributed by atoms with Gasteiger partial charge in [-0.25, -0.2) is 0 Å². The van der Waals surface area contributed by atoms with Crippen LogP contribution in [0.25, 0.3) is 10.9 Å². The van der Waals surface area contributed by atoms with Gasteiger partial charge in [0.2, 0.25) is 0 Å². The maximum absolute atomic E-state index is 13.6. The molecule has 0 spiro atoms. The van der Waals surface area contributed by atoms with Crippen molar-refractivity contribution in [3.05, 3.63) is 24.7 Å². The third kappa shape index (κ3) is 3.55. The molecule has 4 fully saturated rings. The Kier molecular flexibility index (Phi) is 5.60. The minimum atomic E-state index is -0.622. The molecule has 0 amide bonds. The summed E-state index contributed by atoms with van der Waals surface area (Å²) < 4.78 is 7.19. The summed E-state index contributed by atoms with van der Waals surface area (Å²) in [4.78, 5) is 17.8. The van der Waals surface area contributed by atoms with Crippen molar-refractivity contribution in [3.8, 4) is 0 Å². The Hall–Kier alpha value is -1.79. The predicted molar refractivity (Wildman–Crippen MR) is 130 cm³/mol. The summed E-state index contributed by atoms with van der Waals surface area (Å²) in [6.07, 6.45) is 15.5. The van der Waals surface area contributed by atoms with Crippen LogP contribution in [-0.2, 0) is 16.1 Å². The Bertz CT molecular complexity index is 1070. The number of rotatable bonds is 5. The van der Waals surface area contributed by atoms with E-state index in [4.69, 9.17) is 4.74 Å². The van der Waals surface area contributed by atoms with Crippen molar-refractivity contribution in [2.45, 2.75) is 76.9 Å². The van der Waals surface area contributed by atoms with Gasteiger partial charge in [-0.2, -0.15) is 5.10 Å². The molecule has 0 aromatic carbocycles. The van der Waals surface area contributed by atoms with Crippen LogP contribution in [0.4, 0.5) is 0 Å². The highest BCUT2D eigenvalue weighted by Gasteiger charge is 2.59. The zero-order valence-corrected chi connectivity index (χ0v) is 20.7. The van der Waals surface area contributed by atoms with Crippen molar-refractivity contribution in [2.24, 2.45) is 40.9 Å². The Morgan fingerprint density at radius 1 is 1.12 bits per heavy atom. The molecule has 34 heavy (non-hydrogen) atoms. The molecule has 6 nitrogen and oxygen atoms in total. The predicted octanol–water partition coefficient (Wildman–Crippen LogP) is 4.65. The number of pyridine rings is 1. The number of methoxy groups -OCH3 is 1. The normalized spacial score (nSPS) is 41.6. The van der Waals surface area contributed by atoms with E-state index in [2.05, 4.69) is 17.0 Å². The molecule has 8 atom stereocenters. The summed E-state index contributed by atoms with van der Waals surface area (Å²) in [5.41, 5.74) is 0.448. The van der Waals surface area contributed by atoms with Crippen molar-refractivity contribution in [3.63, 3.8) is 0 Å². The summed E-state index contributed by atoms with van der Waals surface area (Å²) in [5, 5.41) is 16.5. The van der Waals surface area contributed by atoms with Gasteiger partial charge in [-0.1, -0.05) is 6.92 Å². The number of carbonyl (C=O) groups is 1. The van der Waals surface area contributed by atoms with Crippen LogP contribution in [0.1, 0.15) is 64.7 Å². The standard InChI is InChI=1S/C28H39N3O3/c1-27-10-7-21-20-8-11-28(33,17-34-2)13-18(20)3-4-22(21)23(27)5-6-24(27)26(32)16-31-25-15-29-12-9-19(25)14-30-31/h9,12,14-15,18,20-24,33H,3-8,10-11,13,16-17H2,1-2H3/t18-,20+,21-,22-,23+,24-,27+,28-/m1/s1. The molecule has 2 aromatic heterocycles. The van der Waals surface area contributed by atoms with E-state index < -0.39 is 5.60 Å². The lowest BCUT2D eigenvalue weighted by Gasteiger charge is -2.57. The lowest BCUT2D eigenvalue weighted by Crippen LogP contribution is -2.52. The third-order valence-electron chi connectivity index (χ3n) is 10.7. The highest BCUT2D eigenvalue weighted by Crippen LogP contribution is 2.64. The largest absolute Gasteiger partial charge is 0.387 e. The molecule has 0 unspecified atom stereocenters. The average Bonchev–Trinajstić information content (AvgIpc) is 3.39. The minimum absolute atomic E-state index is 0.123. The number of aliphatic hydroxyl groups is 1. The molecule has 6 heteroatoms. The van der Waals surface area contributed by atoms with Crippen molar-refractivity contribution in [1.29, 1.82) is 0 Å². The Labute approximate surface area is 202 Å². The molecule has 6 rings (SSSR count). The van der Waals surface area contributed by atoms with E-state index in [-0.39, 0.29) is 11.3 Å². The van der Waals surface area contributed by atoms with E-state index in [0.29, 0.717) is 30.8 Å². The van der Waals surface area contributed by atoms with Gasteiger partial charge in [0.15, 0.2) is 5.78 Å². The number of nitrogens with zero attached hydrogens (tertiary/aromatic N) is 3. The summed E-state index contributed by atoms with van der Waals surface area (Å²) in [6, 6.07) is 1.95. The fourth-order valence-electron chi connectivity index (χ4n) is 9.19. The molecule has 4 saturated carbocycles. The van der Waals surface area contributed by atoms with Gasteiger partial charge in [0.05, 0.1) is 30.1 Å². The lowest BCUT2D eigenvalue weighted by molar-refractivity contribution is -0.136. The molecular formula is C28H39N3O3. The van der Waals surface area contributed by atoms with E-state index in [9.17, 15) is 9.90 Å². The van der Waals surface area contributed by atoms with Crippen LogP contribution in [0.5, 0.6) is 0 Å². The molecule has 0 aliphatic heterocycles. The summed E-state index contributed by atoms with van der Waals surface area (Å²) >= 11 is 0. The molecule has 2 heterocycles. The fourth-order valence-corrected chi connectivity index (χ4v) is 9.19. The van der Waals surface area contributed by atoms with E-state index in [1.807, 2.05) is 23.1 Å². The van der Waals surface area contributed by atoms with E-state index in [0.717, 1.165) is 54.3 Å². The number of Topliss-reactive ketones (excluding diaryl/α,β-unsaturated/α-hetero) is 1. The Morgan fingerprint density at radius 3 is 2.82 bits per heavy atom. The maximum atomic E-state index is 13.6. The van der Waals surface area contributed by atoms with Gasteiger partial charge >= 0.3 is 0 Å². The minimum Gasteiger partial charge on any atom is -0.387 e. The van der Waals surface area contributed by atoms with Crippen molar-refractivity contribution < 1.29 is 14.6 Å². The van der Waals surface area contributed by atoms with Crippen LogP contribution in [0.2, 0.25) is 0 Å². The van der Waals surface area contributed by atoms with Crippen molar-refractivity contribution in [2.75, 3.05) is 13.7 Å². The first-order valence-electron chi connectivity index (χ1n) is 13.4. The number of aromatic nitrogens is 3. The highest BCUT2D eigenvalue weighted by atomic mass is 16.5. The molecule has 2 aromatic rings. The second-order valence-electron chi connectivity index (χ2n) is 12.2. The average molecular weight is 466 g/mol. The monoisotopic (exact) mass is 465 g/mol. The maximum Gasteiger partial charge on any atom is 0.157 e. The van der Waals surface area contributed by atoms with E-state index >= 15 is 0 Å². The van der Waals surface area contributed by atoms with Crippen LogP contribution in [0, 0.1) is 40.9 Å². The van der Waals surface area contributed by atoms with Gasteiger partial charge in [0, 0.05) is 24.6 Å². The molecule has 184 valence electrons. The smallest absolute Gasteiger partial charge is 0.157 e. The van der Waals surface area contributed by atoms with Crippen molar-refractivity contribution in [1.82, 2.24) is 14.8 Å². The first-order chi connectivity index (χ1) is 16.4. The number of ether oxygens (including phenoxy) is 1. The van der Waals surface area contributed by atoms with Crippen molar-refractivity contribution >= 4 is 16.7 Å². The molecule has 4 aliphatic carbocycles. The number of hydrogen-bond acceptors (Lipinski definition) is 5. The van der Waals surface area contributed by atoms with Crippen LogP contribution < -0.4 is 0 Å². The van der Waals surface area contributed by atoms with Gasteiger partial charge < -0.3 is 9.84 Å². The van der Waals surface area contributed by atoms with E-state index in [1.54, 1.807) is 13.3 Å². The Balaban J connectivity index is 1.17. The van der Waals surface area contributed by atoms with Gasteiger partial charge in [-0.3, -0.25) is 14.5 Å². The Morgan fingerprint density at radius 2 is 1.97 bits per heavy atom. The molecule has 0 radical (unpaired) electrons. The number of carbonyl (C=O) groups excluding carboxylic acids is 1. The molecular weight excluding hydrogens is 426 g/mol. The first kappa shape index (κ1) is 22.7. The molecule has 0 bridgehead atoms. The number of ketones is 1. The van der Waals surface area contributed by atoms with Crippen LogP contribution >= 0.6 is 0 Å². The number of fused-ring (bicyclic) bond motifs is 6. The zero-order valence-electron chi connectivity index (χ0n) is 20.7. The summed E-state index contributed by atoms with van der Waals surface area (Å²) in [6.45, 7) is 3.26. The number of hydrogen-bond donors (Lipinski definition) is 1. The van der Waals surface area contributed by atoms with Crippen LogP contribution in [-0.4, -0.2) is 45.0 Å². The first-order valence-corrected chi connectivity index (χ1v) is 13.4. The molecule has 1 N–H and O–H groups in total. The van der Waals surface area contributed by atoms with Gasteiger partial charge in [0.1, 0.15) is 6.54 Å². The van der Waals surface area contributed by atoms with Gasteiger partial charge in [-0.05, 0) is 98.9 Å². The molecule has 4 aliphatic rings. The third-order valence-corrected chi connectivity index (χ3v) is 10.7. The zero-order chi connectivity index (χ0) is 23.5. The van der Waals surface area contributed by atoms with Gasteiger partial charge in [0.25, 0.3) is 0 Å². The second-order valence-corrected chi connectivity index (χ2v) is 12.2. The second kappa shape index (κ2) is 8.41. The quantitative estimate of drug-likeness (QED) is 0.696. The lowest BCUT2D eigenvalue weighted by atomic mass is 9.49. The van der Waals surface area contributed by atoms with Crippen LogP contribution in [0.3, 0.4) is 0 Å². The highest BCUT2D eigenvalue weighted by molar-refractivity contribution is 5.84. The van der Waals surface area contributed by atoms with E-state index in [1.165, 1.54) is 32.1 Å².